The molecule has 2 heterocycles. The standard InChI is InChI=1S/C24H32ClF3N4O2S.C9H13NO.CH3NO/c1-5-19(29-2)20(31-10-12-32(13-11-31)22(34)23(35-4)8-9-23)21(33)30(3)15-16-6-7-17(14-18(16)25)24(26,27)28;1-3-9(10-2)8-4-6-11-7-5-8;2-1-3/h6-7,14,29H,5,8-13,15H2,1-4H3;3-4H,2,5-7H2,1H3;1H,(H2,2,3)/b20-19+;;. The van der Waals surface area contributed by atoms with Crippen LogP contribution in [-0.2, 0) is 31.8 Å². The quantitative estimate of drug-likeness (QED) is 0.192. The van der Waals surface area contributed by atoms with Gasteiger partial charge in [0.05, 0.1) is 29.2 Å². The van der Waals surface area contributed by atoms with E-state index in [0.29, 0.717) is 50.5 Å². The minimum Gasteiger partial charge on any atom is -0.390 e. The predicted molar refractivity (Wildman–Crippen MR) is 190 cm³/mol. The molecule has 2 aliphatic heterocycles. The highest BCUT2D eigenvalue weighted by atomic mass is 35.5. The number of nitrogens with one attached hydrogen (secondary N) is 1. The normalized spacial score (nSPS) is 17.6. The Morgan fingerprint density at radius 1 is 1.22 bits per heavy atom. The Balaban J connectivity index is 0.000000496. The van der Waals surface area contributed by atoms with Crippen molar-refractivity contribution in [2.75, 3.05) is 59.7 Å². The van der Waals surface area contributed by atoms with Crippen LogP contribution in [0.2, 0.25) is 5.02 Å². The number of carbonyl (C=O) groups excluding carboxylic acids is 3. The Labute approximate surface area is 296 Å². The summed E-state index contributed by atoms with van der Waals surface area (Å²) in [6.07, 6.45) is 5.15. The van der Waals surface area contributed by atoms with Crippen LogP contribution in [0.5, 0.6) is 0 Å². The van der Waals surface area contributed by atoms with Crippen LogP contribution in [-0.4, -0.2) is 104 Å². The van der Waals surface area contributed by atoms with Gasteiger partial charge in [0.1, 0.15) is 5.70 Å². The number of ether oxygens (including phenoxy) is 1. The lowest BCUT2D eigenvalue weighted by molar-refractivity contribution is -0.137. The lowest BCUT2D eigenvalue weighted by atomic mass is 10.1. The van der Waals surface area contributed by atoms with Crippen LogP contribution < -0.4 is 11.1 Å². The lowest BCUT2D eigenvalue weighted by Gasteiger charge is -2.39. The number of piperazine rings is 1. The Morgan fingerprint density at radius 2 is 1.84 bits per heavy atom. The topological polar surface area (TPSA) is 121 Å². The van der Waals surface area contributed by atoms with E-state index < -0.39 is 11.7 Å². The molecular weight excluding hydrogens is 681 g/mol. The molecule has 10 nitrogen and oxygen atoms in total. The van der Waals surface area contributed by atoms with Crippen molar-refractivity contribution in [2.45, 2.75) is 57.0 Å². The molecule has 3 N–H and O–H groups in total. The number of thioether (sulfide) groups is 1. The molecule has 3 amide bonds. The fourth-order valence-corrected chi connectivity index (χ4v) is 6.51. The SMILES string of the molecule is C=NC(=CC)C1=CCOCC1.CC/C(NC)=C(/C(=O)N(C)Cc1ccc(C(F)(F)F)cc1Cl)N1CCN(C(=O)C2(SC)CC2)CC1.NC=O. The second kappa shape index (κ2) is 19.6. The number of aliphatic imine (C=N–C) groups is 1. The highest BCUT2D eigenvalue weighted by molar-refractivity contribution is 8.01. The summed E-state index contributed by atoms with van der Waals surface area (Å²) in [6.45, 7) is 11.1. The molecule has 0 aromatic heterocycles. The molecule has 1 saturated heterocycles. The number of rotatable bonds is 10. The first kappa shape index (κ1) is 41.7. The van der Waals surface area contributed by atoms with Crippen molar-refractivity contribution < 1.29 is 32.3 Å². The third-order valence-electron chi connectivity index (χ3n) is 8.38. The number of likely N-dealkylation sites (N-methyl/N-ethyl adjacent to an activating group) is 1. The summed E-state index contributed by atoms with van der Waals surface area (Å²) in [4.78, 5) is 44.3. The molecule has 0 radical (unpaired) electrons. The molecule has 0 atom stereocenters. The molecule has 0 spiro atoms. The maximum Gasteiger partial charge on any atom is 0.416 e. The van der Waals surface area contributed by atoms with Gasteiger partial charge in [-0.1, -0.05) is 36.7 Å². The molecule has 0 bridgehead atoms. The number of hydrogen-bond acceptors (Lipinski definition) is 8. The number of carbonyl (C=O) groups is 3. The molecular formula is C34H48ClF3N6O4S. The Kier molecular flexibility index (Phi) is 16.7. The van der Waals surface area contributed by atoms with Gasteiger partial charge in [-0.3, -0.25) is 19.4 Å². The van der Waals surface area contributed by atoms with E-state index in [9.17, 15) is 22.8 Å². The third-order valence-corrected chi connectivity index (χ3v) is 10.1. The number of hydrogen-bond donors (Lipinski definition) is 2. The van der Waals surface area contributed by atoms with Gasteiger partial charge in [-0.2, -0.15) is 13.2 Å². The van der Waals surface area contributed by atoms with E-state index in [-0.39, 0.29) is 34.5 Å². The number of amides is 3. The molecule has 15 heteroatoms. The summed E-state index contributed by atoms with van der Waals surface area (Å²) < 4.78 is 43.8. The Morgan fingerprint density at radius 3 is 2.27 bits per heavy atom. The van der Waals surface area contributed by atoms with Crippen LogP contribution >= 0.6 is 23.4 Å². The zero-order valence-electron chi connectivity index (χ0n) is 28.9. The molecule has 2 fully saturated rings. The van der Waals surface area contributed by atoms with E-state index in [1.54, 1.807) is 25.9 Å². The Bertz CT molecular complexity index is 1400. The smallest absolute Gasteiger partial charge is 0.390 e. The largest absolute Gasteiger partial charge is 0.416 e. The predicted octanol–water partition coefficient (Wildman–Crippen LogP) is 5.24. The summed E-state index contributed by atoms with van der Waals surface area (Å²) in [5.74, 6) is -0.0744. The van der Waals surface area contributed by atoms with E-state index in [2.05, 4.69) is 28.8 Å². The van der Waals surface area contributed by atoms with Crippen LogP contribution in [0, 0.1) is 0 Å². The number of primary amides is 1. The molecule has 1 aliphatic carbocycles. The Hall–Kier alpha value is -3.49. The maximum absolute atomic E-state index is 13.6. The van der Waals surface area contributed by atoms with Crippen molar-refractivity contribution in [1.29, 1.82) is 0 Å². The fourth-order valence-electron chi connectivity index (χ4n) is 5.46. The molecule has 4 rings (SSSR count). The summed E-state index contributed by atoms with van der Waals surface area (Å²) in [5.41, 5.74) is 7.30. The van der Waals surface area contributed by atoms with Crippen molar-refractivity contribution in [3.63, 3.8) is 0 Å². The van der Waals surface area contributed by atoms with E-state index in [4.69, 9.17) is 21.1 Å². The van der Waals surface area contributed by atoms with E-state index in [0.717, 1.165) is 49.4 Å². The molecule has 272 valence electrons. The first-order valence-corrected chi connectivity index (χ1v) is 17.5. The van der Waals surface area contributed by atoms with Gasteiger partial charge in [0.2, 0.25) is 12.3 Å². The molecule has 1 aromatic carbocycles. The van der Waals surface area contributed by atoms with Crippen LogP contribution in [0.1, 0.15) is 50.7 Å². The van der Waals surface area contributed by atoms with Crippen molar-refractivity contribution >= 4 is 48.3 Å². The van der Waals surface area contributed by atoms with Crippen LogP contribution in [0.25, 0.3) is 0 Å². The summed E-state index contributed by atoms with van der Waals surface area (Å²) in [6, 6.07) is 3.16. The monoisotopic (exact) mass is 728 g/mol. The number of nitrogens with zero attached hydrogens (tertiary/aromatic N) is 4. The van der Waals surface area contributed by atoms with Crippen molar-refractivity contribution in [3.05, 3.63) is 69.2 Å². The first-order chi connectivity index (χ1) is 23.3. The molecule has 1 aromatic rings. The minimum atomic E-state index is -4.49. The van der Waals surface area contributed by atoms with E-state index >= 15 is 0 Å². The number of allylic oxidation sites excluding steroid dienone is 3. The number of benzene rings is 1. The molecule has 0 unspecified atom stereocenters. The summed E-state index contributed by atoms with van der Waals surface area (Å²) >= 11 is 7.73. The first-order valence-electron chi connectivity index (χ1n) is 15.9. The number of alkyl halides is 3. The van der Waals surface area contributed by atoms with Crippen molar-refractivity contribution in [3.8, 4) is 0 Å². The van der Waals surface area contributed by atoms with Gasteiger partial charge in [-0.05, 0) is 68.8 Å². The highest BCUT2D eigenvalue weighted by Crippen LogP contribution is 2.48. The lowest BCUT2D eigenvalue weighted by Crippen LogP contribution is -2.53. The average molecular weight is 729 g/mol. The van der Waals surface area contributed by atoms with E-state index in [1.165, 1.54) is 16.5 Å². The second-order valence-corrected chi connectivity index (χ2v) is 13.0. The maximum atomic E-state index is 13.6. The highest BCUT2D eigenvalue weighted by Gasteiger charge is 2.51. The van der Waals surface area contributed by atoms with Crippen LogP contribution in [0.4, 0.5) is 13.2 Å². The van der Waals surface area contributed by atoms with Gasteiger partial charge in [0.25, 0.3) is 5.91 Å². The molecule has 3 aliphatic rings. The van der Waals surface area contributed by atoms with E-state index in [1.807, 2.05) is 36.0 Å². The zero-order valence-corrected chi connectivity index (χ0v) is 30.4. The van der Waals surface area contributed by atoms with Crippen LogP contribution in [0.3, 0.4) is 0 Å². The molecule has 1 saturated carbocycles. The summed E-state index contributed by atoms with van der Waals surface area (Å²) in [5, 5.41) is 3.08. The average Bonchev–Trinajstić information content (AvgIpc) is 3.90. The van der Waals surface area contributed by atoms with Crippen molar-refractivity contribution in [1.82, 2.24) is 20.0 Å². The minimum absolute atomic E-state index is 0.0377. The zero-order chi connectivity index (χ0) is 36.8. The van der Waals surface area contributed by atoms with Gasteiger partial charge < -0.3 is 30.5 Å². The van der Waals surface area contributed by atoms with Gasteiger partial charge in [0.15, 0.2) is 0 Å². The van der Waals surface area contributed by atoms with Gasteiger partial charge in [0, 0.05) is 57.5 Å². The van der Waals surface area contributed by atoms with Gasteiger partial charge in [-0.25, -0.2) is 0 Å². The number of nitrogens with two attached hydrogens (primary N) is 1. The third kappa shape index (κ3) is 11.5. The fraction of sp³-hybridized carbons (Fsp3) is 0.529. The molecule has 49 heavy (non-hydrogen) atoms. The van der Waals surface area contributed by atoms with Crippen LogP contribution in [0.15, 0.2) is 58.0 Å². The van der Waals surface area contributed by atoms with Gasteiger partial charge in [-0.15, -0.1) is 11.8 Å². The number of halogens is 4. The van der Waals surface area contributed by atoms with Crippen molar-refractivity contribution in [2.24, 2.45) is 10.7 Å². The summed E-state index contributed by atoms with van der Waals surface area (Å²) in [7, 11) is 3.36. The second-order valence-electron chi connectivity index (χ2n) is 11.4. The van der Waals surface area contributed by atoms with Gasteiger partial charge >= 0.3 is 6.18 Å².